The van der Waals surface area contributed by atoms with Gasteiger partial charge in [-0.25, -0.2) is 4.39 Å². The van der Waals surface area contributed by atoms with Crippen molar-refractivity contribution >= 4 is 11.8 Å². The second kappa shape index (κ2) is 5.38. The minimum absolute atomic E-state index is 0.0174. The molecular weight excluding hydrogens is 263 g/mol. The number of nitrogens with zero attached hydrogens (tertiary/aromatic N) is 1. The zero-order chi connectivity index (χ0) is 13.3. The zero-order valence-electron chi connectivity index (χ0n) is 10.8. The number of halogens is 1. The molecule has 2 fully saturated rings. The van der Waals surface area contributed by atoms with E-state index in [-0.39, 0.29) is 23.4 Å². The molecule has 0 radical (unpaired) electrons. The van der Waals surface area contributed by atoms with E-state index in [0.29, 0.717) is 5.69 Å². The molecule has 1 spiro atoms. The summed E-state index contributed by atoms with van der Waals surface area (Å²) in [6.45, 7) is 0.730. The van der Waals surface area contributed by atoms with Crippen LogP contribution in [0.5, 0.6) is 0 Å². The van der Waals surface area contributed by atoms with Gasteiger partial charge in [-0.05, 0) is 43.1 Å². The molecule has 2 saturated heterocycles. The average molecular weight is 282 g/mol. The summed E-state index contributed by atoms with van der Waals surface area (Å²) < 4.78 is 19.8. The SMILES string of the molecule is NC(c1ncccc1F)C1CCOC2(CCSC2)C1. The molecule has 2 aliphatic heterocycles. The van der Waals surface area contributed by atoms with Crippen molar-refractivity contribution in [1.82, 2.24) is 4.98 Å². The van der Waals surface area contributed by atoms with Gasteiger partial charge < -0.3 is 10.5 Å². The van der Waals surface area contributed by atoms with E-state index in [4.69, 9.17) is 10.5 Å². The van der Waals surface area contributed by atoms with Gasteiger partial charge in [0.05, 0.1) is 17.3 Å². The lowest BCUT2D eigenvalue weighted by atomic mass is 9.80. The fourth-order valence-corrected chi connectivity index (χ4v) is 4.48. The lowest BCUT2D eigenvalue weighted by Crippen LogP contribution is -2.43. The maximum atomic E-state index is 13.8. The summed E-state index contributed by atoms with van der Waals surface area (Å²) in [6, 6.07) is 2.71. The Morgan fingerprint density at radius 2 is 2.47 bits per heavy atom. The van der Waals surface area contributed by atoms with Crippen LogP contribution in [0.1, 0.15) is 31.0 Å². The third-order valence-corrected chi connectivity index (χ3v) is 5.43. The molecule has 0 bridgehead atoms. The molecule has 5 heteroatoms. The molecule has 3 atom stereocenters. The number of ether oxygens (including phenoxy) is 1. The van der Waals surface area contributed by atoms with Gasteiger partial charge in [-0.2, -0.15) is 11.8 Å². The molecule has 3 rings (SSSR count). The molecule has 3 unspecified atom stereocenters. The predicted octanol–water partition coefficient (Wildman–Crippen LogP) is 2.52. The van der Waals surface area contributed by atoms with Crippen LogP contribution in [0.15, 0.2) is 18.3 Å². The van der Waals surface area contributed by atoms with Gasteiger partial charge in [0, 0.05) is 18.6 Å². The van der Waals surface area contributed by atoms with E-state index in [1.165, 1.54) is 6.07 Å². The summed E-state index contributed by atoms with van der Waals surface area (Å²) in [5, 5.41) is 0. The minimum Gasteiger partial charge on any atom is -0.374 e. The number of hydrogen-bond acceptors (Lipinski definition) is 4. The van der Waals surface area contributed by atoms with Gasteiger partial charge in [0.25, 0.3) is 0 Å². The van der Waals surface area contributed by atoms with Crippen molar-refractivity contribution in [3.63, 3.8) is 0 Å². The van der Waals surface area contributed by atoms with Crippen LogP contribution in [0.25, 0.3) is 0 Å². The first-order valence-electron chi connectivity index (χ1n) is 6.78. The number of pyridine rings is 1. The number of hydrogen-bond donors (Lipinski definition) is 1. The highest BCUT2D eigenvalue weighted by Gasteiger charge is 2.42. The molecule has 0 aliphatic carbocycles. The monoisotopic (exact) mass is 282 g/mol. The maximum Gasteiger partial charge on any atom is 0.146 e. The van der Waals surface area contributed by atoms with Crippen molar-refractivity contribution in [2.45, 2.75) is 30.9 Å². The maximum absolute atomic E-state index is 13.8. The summed E-state index contributed by atoms with van der Waals surface area (Å²) in [5.41, 5.74) is 6.64. The number of thioether (sulfide) groups is 1. The molecule has 104 valence electrons. The van der Waals surface area contributed by atoms with E-state index in [1.54, 1.807) is 12.3 Å². The van der Waals surface area contributed by atoms with Crippen LogP contribution >= 0.6 is 11.8 Å². The van der Waals surface area contributed by atoms with Gasteiger partial charge in [0.1, 0.15) is 5.82 Å². The van der Waals surface area contributed by atoms with Gasteiger partial charge >= 0.3 is 0 Å². The van der Waals surface area contributed by atoms with Crippen LogP contribution in [0.4, 0.5) is 4.39 Å². The second-order valence-electron chi connectivity index (χ2n) is 5.48. The molecule has 1 aromatic rings. The van der Waals surface area contributed by atoms with Crippen molar-refractivity contribution in [3.05, 3.63) is 29.8 Å². The van der Waals surface area contributed by atoms with Gasteiger partial charge in [-0.15, -0.1) is 0 Å². The predicted molar refractivity (Wildman–Crippen MR) is 74.5 cm³/mol. The van der Waals surface area contributed by atoms with E-state index in [1.807, 2.05) is 11.8 Å². The Hall–Kier alpha value is -0.650. The molecule has 0 amide bonds. The van der Waals surface area contributed by atoms with Crippen molar-refractivity contribution in [2.24, 2.45) is 11.7 Å². The lowest BCUT2D eigenvalue weighted by Gasteiger charge is -2.39. The van der Waals surface area contributed by atoms with Crippen molar-refractivity contribution in [1.29, 1.82) is 0 Å². The molecule has 19 heavy (non-hydrogen) atoms. The van der Waals surface area contributed by atoms with Crippen molar-refractivity contribution in [2.75, 3.05) is 18.1 Å². The Morgan fingerprint density at radius 3 is 3.21 bits per heavy atom. The molecule has 3 heterocycles. The number of rotatable bonds is 2. The van der Waals surface area contributed by atoms with Crippen LogP contribution in [0.3, 0.4) is 0 Å². The third kappa shape index (κ3) is 2.64. The Morgan fingerprint density at radius 1 is 1.58 bits per heavy atom. The first-order chi connectivity index (χ1) is 9.20. The Labute approximate surface area is 117 Å². The van der Waals surface area contributed by atoms with Crippen LogP contribution < -0.4 is 5.73 Å². The Balaban J connectivity index is 1.76. The summed E-state index contributed by atoms with van der Waals surface area (Å²) in [4.78, 5) is 4.12. The van der Waals surface area contributed by atoms with E-state index in [9.17, 15) is 4.39 Å². The molecule has 2 aliphatic rings. The van der Waals surface area contributed by atoms with E-state index in [0.717, 1.165) is 37.4 Å². The highest BCUT2D eigenvalue weighted by atomic mass is 32.2. The average Bonchev–Trinajstić information content (AvgIpc) is 2.86. The molecular formula is C14H19FN2OS. The fourth-order valence-electron chi connectivity index (χ4n) is 3.10. The third-order valence-electron chi connectivity index (χ3n) is 4.21. The molecule has 3 nitrogen and oxygen atoms in total. The van der Waals surface area contributed by atoms with Crippen molar-refractivity contribution in [3.8, 4) is 0 Å². The Bertz CT molecular complexity index is 451. The van der Waals surface area contributed by atoms with Gasteiger partial charge in [-0.1, -0.05) is 0 Å². The molecule has 1 aromatic heterocycles. The normalized spacial score (nSPS) is 32.6. The minimum atomic E-state index is -0.326. The van der Waals surface area contributed by atoms with Gasteiger partial charge in [0.15, 0.2) is 0 Å². The molecule has 0 saturated carbocycles. The van der Waals surface area contributed by atoms with Crippen LogP contribution in [-0.4, -0.2) is 28.7 Å². The van der Waals surface area contributed by atoms with Crippen LogP contribution in [0, 0.1) is 11.7 Å². The van der Waals surface area contributed by atoms with Crippen LogP contribution in [-0.2, 0) is 4.74 Å². The Kier molecular flexibility index (Phi) is 3.78. The summed E-state index contributed by atoms with van der Waals surface area (Å²) in [6.07, 6.45) is 4.52. The van der Waals surface area contributed by atoms with E-state index < -0.39 is 0 Å². The van der Waals surface area contributed by atoms with Gasteiger partial charge in [0.2, 0.25) is 0 Å². The standard InChI is InChI=1S/C14H19FN2OS/c15-11-2-1-5-17-13(11)12(16)10-3-6-18-14(8-10)4-7-19-9-14/h1-2,5,10,12H,3-4,6-9,16H2. The van der Waals surface area contributed by atoms with Gasteiger partial charge in [-0.3, -0.25) is 4.98 Å². The quantitative estimate of drug-likeness (QED) is 0.905. The summed E-state index contributed by atoms with van der Waals surface area (Å²) >= 11 is 1.94. The lowest BCUT2D eigenvalue weighted by molar-refractivity contribution is -0.0837. The first-order valence-corrected chi connectivity index (χ1v) is 7.93. The van der Waals surface area contributed by atoms with Crippen molar-refractivity contribution < 1.29 is 9.13 Å². The smallest absolute Gasteiger partial charge is 0.146 e. The summed E-state index contributed by atoms with van der Waals surface area (Å²) in [7, 11) is 0. The van der Waals surface area contributed by atoms with E-state index in [2.05, 4.69) is 4.98 Å². The highest BCUT2D eigenvalue weighted by molar-refractivity contribution is 7.99. The number of nitrogens with two attached hydrogens (primary N) is 1. The summed E-state index contributed by atoms with van der Waals surface area (Å²) in [5.74, 6) is 2.16. The zero-order valence-corrected chi connectivity index (χ0v) is 11.7. The van der Waals surface area contributed by atoms with E-state index >= 15 is 0 Å². The largest absolute Gasteiger partial charge is 0.374 e. The first kappa shape index (κ1) is 13.3. The second-order valence-corrected chi connectivity index (χ2v) is 6.59. The molecule has 0 aromatic carbocycles. The fraction of sp³-hybridized carbons (Fsp3) is 0.643. The topological polar surface area (TPSA) is 48.1 Å². The highest BCUT2D eigenvalue weighted by Crippen LogP contribution is 2.43. The molecule has 2 N–H and O–H groups in total. The number of aromatic nitrogens is 1. The van der Waals surface area contributed by atoms with Crippen LogP contribution in [0.2, 0.25) is 0 Å².